The van der Waals surface area contributed by atoms with Gasteiger partial charge in [0.2, 0.25) is 35.4 Å². The number of amides is 6. The van der Waals surface area contributed by atoms with Gasteiger partial charge in [-0.2, -0.15) is 0 Å². The van der Waals surface area contributed by atoms with Crippen molar-refractivity contribution in [3.63, 3.8) is 0 Å². The van der Waals surface area contributed by atoms with E-state index in [2.05, 4.69) is 16.0 Å². The topological polar surface area (TPSA) is 300 Å². The summed E-state index contributed by atoms with van der Waals surface area (Å²) in [5.41, 5.74) is 20.7. The zero-order valence-electron chi connectivity index (χ0n) is 19.2. The molecule has 5 atom stereocenters. The van der Waals surface area contributed by atoms with Crippen LogP contribution < -0.4 is 38.9 Å². The molecule has 0 fully saturated rings. The van der Waals surface area contributed by atoms with Crippen molar-refractivity contribution in [3.05, 3.63) is 0 Å². The van der Waals surface area contributed by atoms with Crippen LogP contribution in [0, 0.1) is 0 Å². The lowest BCUT2D eigenvalue weighted by atomic mass is 10.1. The first kappa shape index (κ1) is 31.2. The Bertz CT molecular complexity index is 818. The number of aliphatic hydroxyl groups excluding tert-OH is 1. The Balaban J connectivity index is 5.47. The fourth-order valence-corrected chi connectivity index (χ4v) is 2.73. The van der Waals surface area contributed by atoms with E-state index in [1.807, 2.05) is 0 Å². The molecule has 0 aliphatic heterocycles. The number of nitrogens with one attached hydrogen (secondary N) is 3. The number of carbonyl (C=O) groups is 7. The van der Waals surface area contributed by atoms with Gasteiger partial charge in [0.25, 0.3) is 0 Å². The van der Waals surface area contributed by atoms with E-state index in [0.29, 0.717) is 0 Å². The third kappa shape index (κ3) is 12.9. The molecule has 6 amide bonds. The van der Waals surface area contributed by atoms with Crippen molar-refractivity contribution in [2.24, 2.45) is 22.9 Å². The number of aliphatic hydroxyl groups is 1. The van der Waals surface area contributed by atoms with Gasteiger partial charge in [0.05, 0.1) is 12.1 Å². The highest BCUT2D eigenvalue weighted by Crippen LogP contribution is 2.05. The zero-order valence-corrected chi connectivity index (χ0v) is 19.2. The third-order valence-corrected chi connectivity index (χ3v) is 4.71. The molecule has 0 aromatic heterocycles. The number of hydrogen-bond acceptors (Lipinski definition) is 9. The van der Waals surface area contributed by atoms with Crippen LogP contribution in [0.5, 0.6) is 0 Å². The van der Waals surface area contributed by atoms with Crippen molar-refractivity contribution in [2.75, 3.05) is 0 Å². The van der Waals surface area contributed by atoms with Gasteiger partial charge in [-0.25, -0.2) is 4.79 Å². The molecule has 13 N–H and O–H groups in total. The predicted molar refractivity (Wildman–Crippen MR) is 118 cm³/mol. The molecular formula is C19H33N7O9. The van der Waals surface area contributed by atoms with Crippen molar-refractivity contribution in [1.82, 2.24) is 16.0 Å². The van der Waals surface area contributed by atoms with Gasteiger partial charge in [-0.05, 0) is 26.2 Å². The summed E-state index contributed by atoms with van der Waals surface area (Å²) in [6, 6.07) is -5.85. The summed E-state index contributed by atoms with van der Waals surface area (Å²) in [6.07, 6.45) is -3.15. The largest absolute Gasteiger partial charge is 0.480 e. The fraction of sp³-hybridized carbons (Fsp3) is 0.632. The molecule has 5 unspecified atom stereocenters. The number of aliphatic carboxylic acids is 1. The van der Waals surface area contributed by atoms with Crippen LogP contribution in [0.2, 0.25) is 0 Å². The summed E-state index contributed by atoms with van der Waals surface area (Å²) in [7, 11) is 0. The Morgan fingerprint density at radius 1 is 0.686 bits per heavy atom. The molecule has 0 saturated heterocycles. The number of nitrogens with two attached hydrogens (primary N) is 4. The predicted octanol–water partition coefficient (Wildman–Crippen LogP) is -4.97. The number of hydrogen-bond donors (Lipinski definition) is 9. The maximum absolute atomic E-state index is 12.8. The molecular weight excluding hydrogens is 470 g/mol. The average Bonchev–Trinajstić information content (AvgIpc) is 2.74. The number of rotatable bonds is 17. The van der Waals surface area contributed by atoms with Gasteiger partial charge < -0.3 is 49.1 Å². The molecule has 35 heavy (non-hydrogen) atoms. The minimum atomic E-state index is -1.67. The maximum Gasteiger partial charge on any atom is 0.326 e. The first-order chi connectivity index (χ1) is 16.1. The van der Waals surface area contributed by atoms with Gasteiger partial charge in [0, 0.05) is 19.3 Å². The third-order valence-electron chi connectivity index (χ3n) is 4.71. The van der Waals surface area contributed by atoms with E-state index in [1.54, 1.807) is 0 Å². The molecule has 0 radical (unpaired) electrons. The number of carbonyl (C=O) groups excluding carboxylic acids is 6. The average molecular weight is 504 g/mol. The Kier molecular flexibility index (Phi) is 13.5. The highest BCUT2D eigenvalue weighted by atomic mass is 16.4. The molecule has 0 aliphatic rings. The van der Waals surface area contributed by atoms with Gasteiger partial charge >= 0.3 is 5.97 Å². The second kappa shape index (κ2) is 15.2. The number of carboxylic acid groups (broad SMARTS) is 1. The molecule has 198 valence electrons. The molecule has 0 saturated carbocycles. The first-order valence-electron chi connectivity index (χ1n) is 10.6. The van der Waals surface area contributed by atoms with Crippen LogP contribution in [-0.2, 0) is 33.6 Å². The van der Waals surface area contributed by atoms with Crippen molar-refractivity contribution in [3.8, 4) is 0 Å². The van der Waals surface area contributed by atoms with Gasteiger partial charge in [0.1, 0.15) is 18.1 Å². The molecule has 16 heteroatoms. The van der Waals surface area contributed by atoms with E-state index in [4.69, 9.17) is 22.9 Å². The van der Waals surface area contributed by atoms with Crippen LogP contribution >= 0.6 is 0 Å². The summed E-state index contributed by atoms with van der Waals surface area (Å²) in [5, 5.41) is 25.7. The summed E-state index contributed by atoms with van der Waals surface area (Å²) in [6.45, 7) is 1.14. The lowest BCUT2D eigenvalue weighted by Gasteiger charge is -2.26. The van der Waals surface area contributed by atoms with Crippen LogP contribution in [0.25, 0.3) is 0 Å². The Hall–Kier alpha value is -3.79. The Morgan fingerprint density at radius 3 is 1.54 bits per heavy atom. The quantitative estimate of drug-likeness (QED) is 0.0910. The lowest BCUT2D eigenvalue weighted by molar-refractivity contribution is -0.143. The van der Waals surface area contributed by atoms with Crippen molar-refractivity contribution < 1.29 is 43.8 Å². The van der Waals surface area contributed by atoms with Gasteiger partial charge in [-0.15, -0.1) is 0 Å². The van der Waals surface area contributed by atoms with Crippen molar-refractivity contribution in [1.29, 1.82) is 0 Å². The van der Waals surface area contributed by atoms with E-state index < -0.39 is 71.7 Å². The lowest BCUT2D eigenvalue weighted by Crippen LogP contribution is -2.60. The molecule has 0 bridgehead atoms. The maximum atomic E-state index is 12.8. The van der Waals surface area contributed by atoms with Crippen LogP contribution in [0.3, 0.4) is 0 Å². The van der Waals surface area contributed by atoms with Crippen LogP contribution in [0.15, 0.2) is 0 Å². The van der Waals surface area contributed by atoms with E-state index in [9.17, 15) is 43.8 Å². The zero-order chi connectivity index (χ0) is 27.3. The van der Waals surface area contributed by atoms with Crippen molar-refractivity contribution in [2.45, 2.75) is 75.7 Å². The Labute approximate surface area is 200 Å². The van der Waals surface area contributed by atoms with Gasteiger partial charge in [-0.3, -0.25) is 28.8 Å². The number of primary amides is 3. The SMILES string of the molecule is CC(O)C(NC(=O)C(CCC(N)=O)NC(=O)C(N)CCC(N)=O)C(=O)NC(CCC(N)=O)C(=O)O. The second-order valence-corrected chi connectivity index (χ2v) is 7.81. The van der Waals surface area contributed by atoms with Gasteiger partial charge in [0.15, 0.2) is 0 Å². The van der Waals surface area contributed by atoms with Crippen LogP contribution in [0.4, 0.5) is 0 Å². The molecule has 0 rings (SSSR count). The Morgan fingerprint density at radius 2 is 1.11 bits per heavy atom. The smallest absolute Gasteiger partial charge is 0.326 e. The van der Waals surface area contributed by atoms with E-state index in [-0.39, 0.29) is 38.5 Å². The van der Waals surface area contributed by atoms with E-state index >= 15 is 0 Å². The van der Waals surface area contributed by atoms with Crippen LogP contribution in [-0.4, -0.2) is 81.9 Å². The molecule has 0 aromatic rings. The molecule has 0 spiro atoms. The first-order valence-corrected chi connectivity index (χ1v) is 10.6. The van der Waals surface area contributed by atoms with Crippen molar-refractivity contribution >= 4 is 41.4 Å². The summed E-state index contributed by atoms with van der Waals surface area (Å²) < 4.78 is 0. The summed E-state index contributed by atoms with van der Waals surface area (Å²) in [5.74, 6) is -6.72. The second-order valence-electron chi connectivity index (χ2n) is 7.81. The molecule has 0 aliphatic carbocycles. The minimum absolute atomic E-state index is 0.119. The van der Waals surface area contributed by atoms with Crippen LogP contribution in [0.1, 0.15) is 45.4 Å². The normalized spacial score (nSPS) is 14.9. The monoisotopic (exact) mass is 503 g/mol. The molecule has 0 aromatic carbocycles. The van der Waals surface area contributed by atoms with Gasteiger partial charge in [-0.1, -0.05) is 0 Å². The summed E-state index contributed by atoms with van der Waals surface area (Å²) >= 11 is 0. The van der Waals surface area contributed by atoms with E-state index in [1.165, 1.54) is 0 Å². The number of carboxylic acids is 1. The summed E-state index contributed by atoms with van der Waals surface area (Å²) in [4.78, 5) is 81.9. The standard InChI is InChI=1S/C19H33N7O9/c1-8(27)15(18(33)25-11(19(34)35)4-7-14(23)30)26-17(32)10(3-6-13(22)29)24-16(31)9(20)2-5-12(21)28/h8-11,15,27H,2-7,20H2,1H3,(H2,21,28)(H2,22,29)(H2,23,30)(H,24,31)(H,25,33)(H,26,32)(H,34,35). The van der Waals surface area contributed by atoms with E-state index in [0.717, 1.165) is 6.92 Å². The highest BCUT2D eigenvalue weighted by molar-refractivity contribution is 5.94. The minimum Gasteiger partial charge on any atom is -0.480 e. The molecule has 0 heterocycles. The fourth-order valence-electron chi connectivity index (χ4n) is 2.73. The molecule has 16 nitrogen and oxygen atoms in total. The highest BCUT2D eigenvalue weighted by Gasteiger charge is 2.33.